The van der Waals surface area contributed by atoms with E-state index in [0.717, 1.165) is 19.3 Å². The zero-order valence-corrected chi connectivity index (χ0v) is 15.5. The molecule has 0 bridgehead atoms. The van der Waals surface area contributed by atoms with Crippen LogP contribution in [0.3, 0.4) is 0 Å². The van der Waals surface area contributed by atoms with Gasteiger partial charge < -0.3 is 15.3 Å². The maximum absolute atomic E-state index is 12.9. The van der Waals surface area contributed by atoms with E-state index in [-0.39, 0.29) is 23.8 Å². The molecule has 25 heavy (non-hydrogen) atoms. The van der Waals surface area contributed by atoms with Crippen molar-refractivity contribution in [2.75, 3.05) is 19.7 Å². The monoisotopic (exact) mass is 346 g/mol. The van der Waals surface area contributed by atoms with E-state index in [9.17, 15) is 14.7 Å². The summed E-state index contributed by atoms with van der Waals surface area (Å²) in [4.78, 5) is 27.5. The third-order valence-electron chi connectivity index (χ3n) is 5.86. The van der Waals surface area contributed by atoms with Crippen LogP contribution < -0.4 is 5.32 Å². The minimum Gasteiger partial charge on any atom is -0.396 e. The summed E-state index contributed by atoms with van der Waals surface area (Å²) in [6, 6.07) is 9.10. The van der Waals surface area contributed by atoms with Crippen molar-refractivity contribution in [3.05, 3.63) is 35.9 Å². The first kappa shape index (κ1) is 19.4. The van der Waals surface area contributed by atoms with Crippen LogP contribution in [0.2, 0.25) is 0 Å². The number of aliphatic hydroxyl groups is 1. The largest absolute Gasteiger partial charge is 0.396 e. The van der Waals surface area contributed by atoms with Crippen LogP contribution in [0.25, 0.3) is 0 Å². The Hall–Kier alpha value is -1.88. The number of rotatable bonds is 7. The quantitative estimate of drug-likeness (QED) is 0.797. The van der Waals surface area contributed by atoms with Crippen LogP contribution in [0.5, 0.6) is 0 Å². The molecule has 5 heteroatoms. The maximum atomic E-state index is 12.9. The van der Waals surface area contributed by atoms with Crippen molar-refractivity contribution >= 4 is 11.8 Å². The van der Waals surface area contributed by atoms with Crippen LogP contribution in [-0.2, 0) is 4.79 Å². The molecule has 0 radical (unpaired) electrons. The number of amides is 2. The van der Waals surface area contributed by atoms with Crippen LogP contribution in [0.15, 0.2) is 30.3 Å². The van der Waals surface area contributed by atoms with E-state index < -0.39 is 5.54 Å². The Kier molecular flexibility index (Phi) is 6.22. The molecule has 1 fully saturated rings. The molecule has 2 rings (SSSR count). The highest BCUT2D eigenvalue weighted by atomic mass is 16.3. The first-order valence-corrected chi connectivity index (χ1v) is 9.18. The van der Waals surface area contributed by atoms with Gasteiger partial charge in [-0.1, -0.05) is 32.0 Å². The summed E-state index contributed by atoms with van der Waals surface area (Å²) in [7, 11) is 0. The molecule has 1 unspecified atom stereocenters. The van der Waals surface area contributed by atoms with Gasteiger partial charge in [0.1, 0.15) is 5.54 Å². The van der Waals surface area contributed by atoms with E-state index in [2.05, 4.69) is 5.32 Å². The van der Waals surface area contributed by atoms with E-state index in [1.807, 2.05) is 39.0 Å². The third-order valence-corrected chi connectivity index (χ3v) is 5.86. The average Bonchev–Trinajstić information content (AvgIpc) is 3.06. The Balaban J connectivity index is 2.12. The number of likely N-dealkylation sites (tertiary alicyclic amines) is 1. The van der Waals surface area contributed by atoms with Gasteiger partial charge in [-0.15, -0.1) is 0 Å². The normalized spacial score (nSPS) is 20.6. The number of nitrogens with one attached hydrogen (secondary N) is 1. The van der Waals surface area contributed by atoms with E-state index in [1.54, 1.807) is 17.0 Å². The summed E-state index contributed by atoms with van der Waals surface area (Å²) < 4.78 is 0. The van der Waals surface area contributed by atoms with Gasteiger partial charge >= 0.3 is 0 Å². The minimum atomic E-state index is -0.838. The fourth-order valence-electron chi connectivity index (χ4n) is 3.50. The Morgan fingerprint density at radius 3 is 2.44 bits per heavy atom. The van der Waals surface area contributed by atoms with Gasteiger partial charge in [0.25, 0.3) is 5.91 Å². The summed E-state index contributed by atoms with van der Waals surface area (Å²) in [6.45, 7) is 6.95. The van der Waals surface area contributed by atoms with E-state index in [0.29, 0.717) is 25.1 Å². The standard InChI is InChI=1S/C20H30N2O3/c1-4-20(5-2,15-23)14-21-18(25)19(3)12-9-13-22(19)17(24)16-10-7-6-8-11-16/h6-8,10-11,23H,4-5,9,12-15H2,1-3H3,(H,21,25). The highest BCUT2D eigenvalue weighted by Crippen LogP contribution is 2.32. The van der Waals surface area contributed by atoms with E-state index in [4.69, 9.17) is 0 Å². The first-order valence-electron chi connectivity index (χ1n) is 9.18. The number of hydrogen-bond donors (Lipinski definition) is 2. The second-order valence-corrected chi connectivity index (χ2v) is 7.25. The second-order valence-electron chi connectivity index (χ2n) is 7.25. The van der Waals surface area contributed by atoms with Gasteiger partial charge in [-0.3, -0.25) is 9.59 Å². The highest BCUT2D eigenvalue weighted by molar-refractivity contribution is 5.99. The van der Waals surface area contributed by atoms with Gasteiger partial charge in [0, 0.05) is 24.1 Å². The molecule has 2 amide bonds. The lowest BCUT2D eigenvalue weighted by Crippen LogP contribution is -2.57. The summed E-state index contributed by atoms with van der Waals surface area (Å²) in [5.74, 6) is -0.232. The number of carbonyl (C=O) groups is 2. The fraction of sp³-hybridized carbons (Fsp3) is 0.600. The summed E-state index contributed by atoms with van der Waals surface area (Å²) in [6.07, 6.45) is 3.06. The Morgan fingerprint density at radius 2 is 1.88 bits per heavy atom. The fourth-order valence-corrected chi connectivity index (χ4v) is 3.50. The molecular formula is C20H30N2O3. The van der Waals surface area contributed by atoms with Crippen molar-refractivity contribution in [1.29, 1.82) is 0 Å². The molecule has 1 saturated heterocycles. The molecule has 138 valence electrons. The van der Waals surface area contributed by atoms with Gasteiger partial charge in [-0.05, 0) is 44.7 Å². The van der Waals surface area contributed by atoms with Gasteiger partial charge in [0.15, 0.2) is 0 Å². The van der Waals surface area contributed by atoms with Crippen LogP contribution >= 0.6 is 0 Å². The van der Waals surface area contributed by atoms with Crippen LogP contribution in [0.4, 0.5) is 0 Å². The lowest BCUT2D eigenvalue weighted by atomic mass is 9.83. The van der Waals surface area contributed by atoms with Crippen molar-refractivity contribution in [1.82, 2.24) is 10.2 Å². The Bertz CT molecular complexity index is 590. The predicted octanol–water partition coefficient (Wildman–Crippen LogP) is 2.60. The lowest BCUT2D eigenvalue weighted by Gasteiger charge is -2.36. The molecule has 5 nitrogen and oxygen atoms in total. The topological polar surface area (TPSA) is 69.6 Å². The molecular weight excluding hydrogens is 316 g/mol. The Labute approximate surface area is 150 Å². The van der Waals surface area contributed by atoms with Gasteiger partial charge in [0.05, 0.1) is 6.61 Å². The molecule has 1 heterocycles. The van der Waals surface area contributed by atoms with Crippen LogP contribution in [0.1, 0.15) is 56.8 Å². The number of benzene rings is 1. The molecule has 0 aliphatic carbocycles. The van der Waals surface area contributed by atoms with Crippen LogP contribution in [-0.4, -0.2) is 47.1 Å². The van der Waals surface area contributed by atoms with Crippen molar-refractivity contribution in [3.63, 3.8) is 0 Å². The van der Waals surface area contributed by atoms with Crippen LogP contribution in [0, 0.1) is 5.41 Å². The molecule has 1 aromatic rings. The van der Waals surface area contributed by atoms with Crippen molar-refractivity contribution < 1.29 is 14.7 Å². The molecule has 1 aliphatic heterocycles. The second kappa shape index (κ2) is 8.00. The van der Waals surface area contributed by atoms with Crippen molar-refractivity contribution in [2.24, 2.45) is 5.41 Å². The third kappa shape index (κ3) is 3.87. The zero-order valence-electron chi connectivity index (χ0n) is 15.5. The van der Waals surface area contributed by atoms with Gasteiger partial charge in [-0.2, -0.15) is 0 Å². The van der Waals surface area contributed by atoms with Gasteiger partial charge in [0.2, 0.25) is 5.91 Å². The number of carbonyl (C=O) groups excluding carboxylic acids is 2. The zero-order chi connectivity index (χ0) is 18.5. The lowest BCUT2D eigenvalue weighted by molar-refractivity contribution is -0.130. The summed E-state index contributed by atoms with van der Waals surface area (Å²) >= 11 is 0. The first-order chi connectivity index (χ1) is 11.9. The number of nitrogens with zero attached hydrogens (tertiary/aromatic N) is 1. The Morgan fingerprint density at radius 1 is 1.24 bits per heavy atom. The SMILES string of the molecule is CCC(CC)(CO)CNC(=O)C1(C)CCCN1C(=O)c1ccccc1. The van der Waals surface area contributed by atoms with E-state index >= 15 is 0 Å². The average molecular weight is 346 g/mol. The summed E-state index contributed by atoms with van der Waals surface area (Å²) in [5, 5.41) is 12.7. The predicted molar refractivity (Wildman–Crippen MR) is 98.2 cm³/mol. The molecule has 2 N–H and O–H groups in total. The van der Waals surface area contributed by atoms with Crippen molar-refractivity contribution in [3.8, 4) is 0 Å². The smallest absolute Gasteiger partial charge is 0.254 e. The van der Waals surface area contributed by atoms with Crippen molar-refractivity contribution in [2.45, 2.75) is 52.0 Å². The van der Waals surface area contributed by atoms with E-state index in [1.165, 1.54) is 0 Å². The van der Waals surface area contributed by atoms with Gasteiger partial charge in [-0.25, -0.2) is 0 Å². The molecule has 0 spiro atoms. The number of aliphatic hydroxyl groups excluding tert-OH is 1. The molecule has 0 aromatic heterocycles. The molecule has 0 saturated carbocycles. The highest BCUT2D eigenvalue weighted by Gasteiger charge is 2.46. The molecule has 1 aromatic carbocycles. The number of hydrogen-bond acceptors (Lipinski definition) is 3. The summed E-state index contributed by atoms with van der Waals surface area (Å²) in [5.41, 5.74) is -0.524. The minimum absolute atomic E-state index is 0.0453. The molecule has 1 aliphatic rings. The molecule has 1 atom stereocenters. The maximum Gasteiger partial charge on any atom is 0.254 e.